The topological polar surface area (TPSA) is 81.7 Å². The highest BCUT2D eigenvalue weighted by atomic mass is 16.1. The monoisotopic (exact) mass is 184 g/mol. The zero-order chi connectivity index (χ0) is 10.6. The number of carbonyl (C=O) groups is 2. The maximum absolute atomic E-state index is 11.0. The Hall–Kier alpha value is -2.46. The number of hydrogen-bond donors (Lipinski definition) is 0. The standard InChI is InChI=1S/C10H4N2O2/c11-5-9(13)7-3-1-2-4-8(7)10(14)6-12/h1-4H. The number of carbonyl (C=O) groups excluding carboxylic acids is 2. The second-order valence-electron chi connectivity index (χ2n) is 2.43. The molecule has 1 rings (SSSR count). The van der Waals surface area contributed by atoms with Gasteiger partial charge in [0.1, 0.15) is 12.1 Å². The van der Waals surface area contributed by atoms with E-state index in [4.69, 9.17) is 10.5 Å². The van der Waals surface area contributed by atoms with Crippen LogP contribution < -0.4 is 0 Å². The van der Waals surface area contributed by atoms with Gasteiger partial charge in [0.2, 0.25) is 0 Å². The van der Waals surface area contributed by atoms with Crippen LogP contribution in [0.2, 0.25) is 0 Å². The van der Waals surface area contributed by atoms with Crippen LogP contribution in [0.25, 0.3) is 0 Å². The Labute approximate surface area is 80.0 Å². The van der Waals surface area contributed by atoms with Crippen molar-refractivity contribution in [2.24, 2.45) is 0 Å². The van der Waals surface area contributed by atoms with Gasteiger partial charge in [0.05, 0.1) is 0 Å². The number of hydrogen-bond acceptors (Lipinski definition) is 4. The minimum atomic E-state index is -0.816. The number of ketones is 2. The van der Waals surface area contributed by atoms with Crippen molar-refractivity contribution in [2.45, 2.75) is 0 Å². The third-order valence-electron chi connectivity index (χ3n) is 1.62. The molecule has 14 heavy (non-hydrogen) atoms. The van der Waals surface area contributed by atoms with Crippen LogP contribution >= 0.6 is 0 Å². The number of benzene rings is 1. The quantitative estimate of drug-likeness (QED) is 0.509. The van der Waals surface area contributed by atoms with Crippen LogP contribution in [0, 0.1) is 22.7 Å². The molecular formula is C10H4N2O2. The van der Waals surface area contributed by atoms with Crippen LogP contribution in [0.3, 0.4) is 0 Å². The third-order valence-corrected chi connectivity index (χ3v) is 1.62. The Balaban J connectivity index is 3.33. The molecule has 0 aromatic heterocycles. The fraction of sp³-hybridized carbons (Fsp3) is 0. The van der Waals surface area contributed by atoms with Crippen molar-refractivity contribution in [3.8, 4) is 12.1 Å². The lowest BCUT2D eigenvalue weighted by atomic mass is 10.0. The maximum Gasteiger partial charge on any atom is 0.262 e. The zero-order valence-corrected chi connectivity index (χ0v) is 7.02. The van der Waals surface area contributed by atoms with E-state index in [0.29, 0.717) is 0 Å². The van der Waals surface area contributed by atoms with Crippen LogP contribution in [0.4, 0.5) is 0 Å². The maximum atomic E-state index is 11.0. The van der Waals surface area contributed by atoms with Crippen LogP contribution in [-0.4, -0.2) is 11.6 Å². The molecule has 0 aliphatic rings. The number of rotatable bonds is 2. The van der Waals surface area contributed by atoms with Gasteiger partial charge < -0.3 is 0 Å². The lowest BCUT2D eigenvalue weighted by Gasteiger charge is -1.98. The Morgan fingerprint density at radius 2 is 1.29 bits per heavy atom. The van der Waals surface area contributed by atoms with Gasteiger partial charge >= 0.3 is 0 Å². The normalized spacial score (nSPS) is 8.43. The predicted octanol–water partition coefficient (Wildman–Crippen LogP) is 1.10. The molecule has 0 saturated heterocycles. The largest absolute Gasteiger partial charge is 0.277 e. The Kier molecular flexibility index (Phi) is 2.73. The highest BCUT2D eigenvalue weighted by molar-refractivity contribution is 6.18. The van der Waals surface area contributed by atoms with Gasteiger partial charge in [0.15, 0.2) is 0 Å². The van der Waals surface area contributed by atoms with Crippen molar-refractivity contribution in [3.05, 3.63) is 35.4 Å². The number of Topliss-reactive ketones (excluding diaryl/α,β-unsaturated/α-hetero) is 2. The average Bonchev–Trinajstić information content (AvgIpc) is 2.27. The van der Waals surface area contributed by atoms with E-state index in [1.54, 1.807) is 0 Å². The molecule has 0 amide bonds. The van der Waals surface area contributed by atoms with Crippen molar-refractivity contribution in [2.75, 3.05) is 0 Å². The van der Waals surface area contributed by atoms with Crippen molar-refractivity contribution in [1.29, 1.82) is 10.5 Å². The highest BCUT2D eigenvalue weighted by Gasteiger charge is 2.15. The van der Waals surface area contributed by atoms with Crippen molar-refractivity contribution >= 4 is 11.6 Å². The van der Waals surface area contributed by atoms with Crippen LogP contribution in [0.1, 0.15) is 20.7 Å². The fourth-order valence-corrected chi connectivity index (χ4v) is 1.000. The molecule has 0 atom stereocenters. The van der Waals surface area contributed by atoms with E-state index in [1.165, 1.54) is 36.4 Å². The van der Waals surface area contributed by atoms with Crippen LogP contribution in [0.5, 0.6) is 0 Å². The summed E-state index contributed by atoms with van der Waals surface area (Å²) < 4.78 is 0. The van der Waals surface area contributed by atoms with Gasteiger partial charge in [-0.2, -0.15) is 10.5 Å². The minimum Gasteiger partial charge on any atom is -0.277 e. The van der Waals surface area contributed by atoms with E-state index in [1.807, 2.05) is 0 Å². The molecule has 0 fully saturated rings. The van der Waals surface area contributed by atoms with E-state index >= 15 is 0 Å². The molecule has 4 heteroatoms. The lowest BCUT2D eigenvalue weighted by molar-refractivity contribution is 0.102. The molecule has 0 saturated carbocycles. The van der Waals surface area contributed by atoms with Gasteiger partial charge in [-0.25, -0.2) is 0 Å². The zero-order valence-electron chi connectivity index (χ0n) is 7.02. The van der Waals surface area contributed by atoms with E-state index < -0.39 is 11.6 Å². The van der Waals surface area contributed by atoms with Gasteiger partial charge in [-0.15, -0.1) is 0 Å². The van der Waals surface area contributed by atoms with Gasteiger partial charge in [-0.3, -0.25) is 9.59 Å². The summed E-state index contributed by atoms with van der Waals surface area (Å²) in [5.74, 6) is -1.63. The summed E-state index contributed by atoms with van der Waals surface area (Å²) in [5.41, 5.74) is -0.0527. The van der Waals surface area contributed by atoms with Crippen molar-refractivity contribution < 1.29 is 9.59 Å². The first-order valence-corrected chi connectivity index (χ1v) is 3.68. The summed E-state index contributed by atoms with van der Waals surface area (Å²) in [4.78, 5) is 22.1. The first-order chi connectivity index (χ1) is 6.70. The molecule has 1 aromatic rings. The second-order valence-corrected chi connectivity index (χ2v) is 2.43. The van der Waals surface area contributed by atoms with Gasteiger partial charge in [0.25, 0.3) is 11.6 Å². The van der Waals surface area contributed by atoms with Gasteiger partial charge in [-0.05, 0) is 12.1 Å². The molecule has 0 radical (unpaired) electrons. The first-order valence-electron chi connectivity index (χ1n) is 3.68. The molecule has 0 spiro atoms. The SMILES string of the molecule is N#CC(=O)c1ccccc1C(=O)C#N. The highest BCUT2D eigenvalue weighted by Crippen LogP contribution is 2.09. The average molecular weight is 184 g/mol. The van der Waals surface area contributed by atoms with E-state index in [-0.39, 0.29) is 11.1 Å². The molecule has 1 aromatic carbocycles. The summed E-state index contributed by atoms with van der Waals surface area (Å²) in [6.45, 7) is 0. The summed E-state index contributed by atoms with van der Waals surface area (Å²) in [6.07, 6.45) is 0. The predicted molar refractivity (Wildman–Crippen MR) is 46.3 cm³/mol. The molecule has 4 nitrogen and oxygen atoms in total. The molecule has 0 unspecified atom stereocenters. The molecule has 0 aliphatic carbocycles. The summed E-state index contributed by atoms with van der Waals surface area (Å²) in [7, 11) is 0. The number of nitrogens with zero attached hydrogens (tertiary/aromatic N) is 2. The van der Waals surface area contributed by atoms with E-state index in [2.05, 4.69) is 0 Å². The Bertz CT molecular complexity index is 433. The third kappa shape index (κ3) is 1.65. The summed E-state index contributed by atoms with van der Waals surface area (Å²) in [6, 6.07) is 8.54. The van der Waals surface area contributed by atoms with Gasteiger partial charge in [0, 0.05) is 11.1 Å². The van der Waals surface area contributed by atoms with Crippen molar-refractivity contribution in [3.63, 3.8) is 0 Å². The minimum absolute atomic E-state index is 0.0263. The molecule has 66 valence electrons. The lowest BCUT2D eigenvalue weighted by Crippen LogP contribution is -2.05. The summed E-state index contributed by atoms with van der Waals surface area (Å²) in [5, 5.41) is 16.7. The smallest absolute Gasteiger partial charge is 0.262 e. The summed E-state index contributed by atoms with van der Waals surface area (Å²) >= 11 is 0. The first kappa shape index (κ1) is 9.63. The van der Waals surface area contributed by atoms with E-state index in [0.717, 1.165) is 0 Å². The second kappa shape index (κ2) is 3.97. The Morgan fingerprint density at radius 3 is 1.57 bits per heavy atom. The molecule has 0 heterocycles. The Morgan fingerprint density at radius 1 is 0.929 bits per heavy atom. The molecule has 0 bridgehead atoms. The molecule has 0 aliphatic heterocycles. The number of nitriles is 2. The van der Waals surface area contributed by atoms with E-state index in [9.17, 15) is 9.59 Å². The van der Waals surface area contributed by atoms with Crippen molar-refractivity contribution in [1.82, 2.24) is 0 Å². The van der Waals surface area contributed by atoms with Gasteiger partial charge in [-0.1, -0.05) is 12.1 Å². The molecule has 0 N–H and O–H groups in total. The van der Waals surface area contributed by atoms with Crippen LogP contribution in [-0.2, 0) is 0 Å². The fourth-order valence-electron chi connectivity index (χ4n) is 1.000. The molecular weight excluding hydrogens is 180 g/mol. The van der Waals surface area contributed by atoms with Crippen LogP contribution in [0.15, 0.2) is 24.3 Å².